The summed E-state index contributed by atoms with van der Waals surface area (Å²) in [6, 6.07) is 83.9. The van der Waals surface area contributed by atoms with Crippen molar-refractivity contribution in [2.24, 2.45) is 0 Å². The molecular formula is C63H39N. The van der Waals surface area contributed by atoms with Gasteiger partial charge in [0.25, 0.3) is 0 Å². The molecule has 0 atom stereocenters. The number of benzene rings is 11. The van der Waals surface area contributed by atoms with E-state index in [1.165, 1.54) is 132 Å². The van der Waals surface area contributed by atoms with Crippen molar-refractivity contribution in [2.45, 2.75) is 6.42 Å². The van der Waals surface area contributed by atoms with E-state index in [0.29, 0.717) is 0 Å². The average molecular weight is 810 g/mol. The summed E-state index contributed by atoms with van der Waals surface area (Å²) >= 11 is 0. The van der Waals surface area contributed by atoms with Crippen LogP contribution >= 0.6 is 0 Å². The first-order valence-corrected chi connectivity index (χ1v) is 22.4. The van der Waals surface area contributed by atoms with Gasteiger partial charge in [-0.1, -0.05) is 188 Å². The Morgan fingerprint density at radius 2 is 0.688 bits per heavy atom. The molecule has 0 aliphatic heterocycles. The molecule has 0 saturated carbocycles. The van der Waals surface area contributed by atoms with Gasteiger partial charge in [0, 0.05) is 16.5 Å². The molecule has 2 aliphatic rings. The van der Waals surface area contributed by atoms with E-state index in [-0.39, 0.29) is 0 Å². The fourth-order valence-corrected chi connectivity index (χ4v) is 11.4. The highest BCUT2D eigenvalue weighted by atomic mass is 15.0. The monoisotopic (exact) mass is 809 g/mol. The van der Waals surface area contributed by atoms with Gasteiger partial charge < -0.3 is 4.57 Å². The van der Waals surface area contributed by atoms with Crippen molar-refractivity contribution in [2.75, 3.05) is 0 Å². The Morgan fingerprint density at radius 1 is 0.250 bits per heavy atom. The second-order valence-electron chi connectivity index (χ2n) is 17.5. The van der Waals surface area contributed by atoms with E-state index in [1.807, 2.05) is 0 Å². The second-order valence-corrected chi connectivity index (χ2v) is 17.5. The third kappa shape index (κ3) is 5.07. The lowest BCUT2D eigenvalue weighted by Gasteiger charge is -2.24. The van der Waals surface area contributed by atoms with E-state index in [4.69, 9.17) is 0 Å². The number of hydrogen-bond donors (Lipinski definition) is 0. The van der Waals surface area contributed by atoms with Crippen molar-refractivity contribution in [1.29, 1.82) is 0 Å². The first-order chi connectivity index (χ1) is 31.8. The highest BCUT2D eigenvalue weighted by Gasteiger charge is 2.25. The van der Waals surface area contributed by atoms with Crippen molar-refractivity contribution in [3.8, 4) is 83.6 Å². The zero-order chi connectivity index (χ0) is 41.9. The highest BCUT2D eigenvalue weighted by molar-refractivity contribution is 6.22. The van der Waals surface area contributed by atoms with E-state index >= 15 is 0 Å². The number of aromatic nitrogens is 1. The maximum absolute atomic E-state index is 2.46. The number of para-hydroxylation sites is 1. The van der Waals surface area contributed by atoms with Gasteiger partial charge in [0.2, 0.25) is 0 Å². The lowest BCUT2D eigenvalue weighted by Crippen LogP contribution is -1.98. The fraction of sp³-hybridized carbons (Fsp3) is 0.0159. The minimum Gasteiger partial charge on any atom is -0.309 e. The normalized spacial score (nSPS) is 12.3. The van der Waals surface area contributed by atoms with Gasteiger partial charge in [-0.2, -0.15) is 0 Å². The molecule has 0 bridgehead atoms. The van der Waals surface area contributed by atoms with Gasteiger partial charge >= 0.3 is 0 Å². The smallest absolute Gasteiger partial charge is 0.0547 e. The Hall–Kier alpha value is -8.26. The molecule has 1 heterocycles. The lowest BCUT2D eigenvalue weighted by atomic mass is 9.79. The first kappa shape index (κ1) is 35.3. The molecule has 0 fully saturated rings. The molecule has 64 heavy (non-hydrogen) atoms. The number of rotatable bonds is 3. The summed E-state index contributed by atoms with van der Waals surface area (Å²) in [4.78, 5) is 0. The van der Waals surface area contributed by atoms with Crippen molar-refractivity contribution >= 4 is 43.4 Å². The molecule has 296 valence electrons. The minimum absolute atomic E-state index is 0.986. The van der Waals surface area contributed by atoms with E-state index in [0.717, 1.165) is 12.1 Å². The van der Waals surface area contributed by atoms with E-state index < -0.39 is 0 Å². The van der Waals surface area contributed by atoms with Gasteiger partial charge in [0.1, 0.15) is 0 Å². The first-order valence-electron chi connectivity index (χ1n) is 22.4. The number of nitrogens with zero attached hydrogens (tertiary/aromatic N) is 1. The third-order valence-electron chi connectivity index (χ3n) is 14.2. The molecule has 0 saturated heterocycles. The Bertz CT molecular complexity index is 3850. The second kappa shape index (κ2) is 13.6. The van der Waals surface area contributed by atoms with Gasteiger partial charge in [-0.15, -0.1) is 0 Å². The van der Waals surface area contributed by atoms with Crippen LogP contribution in [0.2, 0.25) is 0 Å². The maximum atomic E-state index is 2.46. The topological polar surface area (TPSA) is 4.93 Å². The third-order valence-corrected chi connectivity index (χ3v) is 14.2. The highest BCUT2D eigenvalue weighted by Crippen LogP contribution is 2.51. The molecule has 1 nitrogen and oxygen atoms in total. The molecule has 0 spiro atoms. The summed E-state index contributed by atoms with van der Waals surface area (Å²) in [7, 11) is 0. The van der Waals surface area contributed by atoms with Crippen molar-refractivity contribution in [3.05, 3.63) is 236 Å². The molecule has 0 radical (unpaired) electrons. The predicted octanol–water partition coefficient (Wildman–Crippen LogP) is 17.0. The molecule has 2 aliphatic carbocycles. The quantitative estimate of drug-likeness (QED) is 0.157. The van der Waals surface area contributed by atoms with Crippen molar-refractivity contribution < 1.29 is 0 Å². The Morgan fingerprint density at radius 3 is 1.27 bits per heavy atom. The molecule has 12 aromatic rings. The summed E-state index contributed by atoms with van der Waals surface area (Å²) in [6.45, 7) is 0. The van der Waals surface area contributed by atoms with Crippen LogP contribution < -0.4 is 0 Å². The van der Waals surface area contributed by atoms with Gasteiger partial charge in [0.15, 0.2) is 0 Å². The number of fused-ring (bicyclic) bond motifs is 16. The molecule has 14 rings (SSSR count). The molecule has 0 unspecified atom stereocenters. The average Bonchev–Trinajstić information content (AvgIpc) is 3.89. The zero-order valence-electron chi connectivity index (χ0n) is 35.0. The SMILES string of the molecule is c1ccc2c(c1)Cc1cc3c4ccccc4n(-c4ccc(-c5c6ccccc6c(-c6ccc7c(c6)-c6ccccc6-c6ccccc6-c6ccccc6-7)c6ccccc56)cc4)c3cc1-2. The molecule has 1 heteroatoms. The van der Waals surface area contributed by atoms with Gasteiger partial charge in [-0.3, -0.25) is 0 Å². The summed E-state index contributed by atoms with van der Waals surface area (Å²) in [5.41, 5.74) is 24.2. The summed E-state index contributed by atoms with van der Waals surface area (Å²) < 4.78 is 2.46. The standard InChI is InChI=1S/C63H39N/c1-2-16-44-40(15-1)35-42-37-59-52-23-13-14-28-60(52)64(61(59)38-57(42)44)43-32-29-39(30-33-43)62-53-24-9-11-26-55(53)63(56-27-12-10-25-54(56)62)41-31-34-51-49-21-6-5-19-47(49)45-17-3-4-18-46(45)48-20-7-8-22-50(48)58(51)36-41/h1-34,36-38H,35H2. The van der Waals surface area contributed by atoms with Crippen LogP contribution in [0.3, 0.4) is 0 Å². The van der Waals surface area contributed by atoms with E-state index in [9.17, 15) is 0 Å². The van der Waals surface area contributed by atoms with Crippen LogP contribution in [0.5, 0.6) is 0 Å². The lowest BCUT2D eigenvalue weighted by molar-refractivity contribution is 1.18. The van der Waals surface area contributed by atoms with Crippen LogP contribution in [-0.2, 0) is 6.42 Å². The van der Waals surface area contributed by atoms with Crippen LogP contribution in [0.4, 0.5) is 0 Å². The molecular weight excluding hydrogens is 771 g/mol. The Balaban J connectivity index is 0.955. The van der Waals surface area contributed by atoms with Crippen molar-refractivity contribution in [3.63, 3.8) is 0 Å². The Kier molecular flexibility index (Phi) is 7.52. The maximum Gasteiger partial charge on any atom is 0.0547 e. The minimum atomic E-state index is 0.986. The number of hydrogen-bond acceptors (Lipinski definition) is 0. The summed E-state index contributed by atoms with van der Waals surface area (Å²) in [5.74, 6) is 0. The molecule has 0 amide bonds. The fourth-order valence-electron chi connectivity index (χ4n) is 11.4. The molecule has 11 aromatic carbocycles. The Labute approximate surface area is 371 Å². The summed E-state index contributed by atoms with van der Waals surface area (Å²) in [6.07, 6.45) is 0.986. The predicted molar refractivity (Wildman–Crippen MR) is 270 cm³/mol. The largest absolute Gasteiger partial charge is 0.309 e. The van der Waals surface area contributed by atoms with Crippen LogP contribution in [0.15, 0.2) is 224 Å². The van der Waals surface area contributed by atoms with Crippen molar-refractivity contribution in [1.82, 2.24) is 4.57 Å². The van der Waals surface area contributed by atoms with Crippen LogP contribution in [0, 0.1) is 0 Å². The van der Waals surface area contributed by atoms with E-state index in [1.54, 1.807) is 0 Å². The summed E-state index contributed by atoms with van der Waals surface area (Å²) in [5, 5.41) is 7.61. The van der Waals surface area contributed by atoms with Gasteiger partial charge in [-0.05, 0) is 153 Å². The van der Waals surface area contributed by atoms with Gasteiger partial charge in [-0.25, -0.2) is 0 Å². The van der Waals surface area contributed by atoms with Crippen LogP contribution in [0.1, 0.15) is 11.1 Å². The van der Waals surface area contributed by atoms with E-state index in [2.05, 4.69) is 229 Å². The zero-order valence-corrected chi connectivity index (χ0v) is 35.0. The van der Waals surface area contributed by atoms with Crippen LogP contribution in [-0.4, -0.2) is 4.57 Å². The molecule has 1 aromatic heterocycles. The van der Waals surface area contributed by atoms with Crippen LogP contribution in [0.25, 0.3) is 127 Å². The molecule has 0 N–H and O–H groups in total. The van der Waals surface area contributed by atoms with Gasteiger partial charge in [0.05, 0.1) is 11.0 Å².